The van der Waals surface area contributed by atoms with Gasteiger partial charge in [0.25, 0.3) is 0 Å². The van der Waals surface area contributed by atoms with Crippen molar-refractivity contribution >= 4 is 0 Å². The Morgan fingerprint density at radius 2 is 2.00 bits per heavy atom. The van der Waals surface area contributed by atoms with Crippen molar-refractivity contribution in [2.24, 2.45) is 5.11 Å². The lowest BCUT2D eigenvalue weighted by Crippen LogP contribution is -1.86. The minimum Gasteiger partial charge on any atom is -0.255 e. The van der Waals surface area contributed by atoms with Gasteiger partial charge in [-0.05, 0) is 23.2 Å². The Labute approximate surface area is 104 Å². The summed E-state index contributed by atoms with van der Waals surface area (Å²) < 4.78 is 0. The first-order valence-corrected chi connectivity index (χ1v) is 5.30. The molecule has 18 heavy (non-hydrogen) atoms. The number of pyridine rings is 1. The second-order valence-corrected chi connectivity index (χ2v) is 3.63. The largest absolute Gasteiger partial charge is 0.255 e. The van der Waals surface area contributed by atoms with E-state index in [1.54, 1.807) is 18.3 Å². The van der Waals surface area contributed by atoms with Crippen LogP contribution in [0.25, 0.3) is 21.7 Å². The molecule has 2 rings (SSSR count). The molecule has 1 aromatic heterocycles. The van der Waals surface area contributed by atoms with Gasteiger partial charge in [-0.25, -0.2) is 0 Å². The second-order valence-electron chi connectivity index (χ2n) is 3.63. The average Bonchev–Trinajstić information content (AvgIpc) is 2.46. The van der Waals surface area contributed by atoms with Crippen LogP contribution in [-0.2, 0) is 6.54 Å². The number of hydrogen-bond acceptors (Lipinski definition) is 3. The first-order chi connectivity index (χ1) is 8.83. The maximum Gasteiger partial charge on any atom is 0.101 e. The summed E-state index contributed by atoms with van der Waals surface area (Å²) in [5, 5.41) is 12.2. The molecule has 0 fully saturated rings. The van der Waals surface area contributed by atoms with Gasteiger partial charge in [-0.3, -0.25) is 4.98 Å². The van der Waals surface area contributed by atoms with Crippen molar-refractivity contribution in [1.82, 2.24) is 4.98 Å². The maximum atomic E-state index is 8.69. The lowest BCUT2D eigenvalue weighted by molar-refractivity contribution is 1.05. The number of azide groups is 1. The van der Waals surface area contributed by atoms with Gasteiger partial charge in [0.15, 0.2) is 0 Å². The van der Waals surface area contributed by atoms with Crippen LogP contribution in [-0.4, -0.2) is 4.98 Å². The topological polar surface area (TPSA) is 85.4 Å². The van der Waals surface area contributed by atoms with E-state index in [-0.39, 0.29) is 0 Å². The molecule has 0 saturated heterocycles. The molecule has 5 heteroatoms. The van der Waals surface area contributed by atoms with Crippen LogP contribution in [0.1, 0.15) is 11.1 Å². The summed E-state index contributed by atoms with van der Waals surface area (Å²) in [5.41, 5.74) is 11.5. The number of hydrogen-bond donors (Lipinski definition) is 0. The Hall–Kier alpha value is -2.83. The smallest absolute Gasteiger partial charge is 0.101 e. The average molecular weight is 235 g/mol. The summed E-state index contributed by atoms with van der Waals surface area (Å²) in [5.74, 6) is 0. The highest BCUT2D eigenvalue weighted by Gasteiger charge is 1.99. The van der Waals surface area contributed by atoms with Crippen LogP contribution in [0, 0.1) is 11.3 Å². The van der Waals surface area contributed by atoms with Crippen molar-refractivity contribution < 1.29 is 0 Å². The summed E-state index contributed by atoms with van der Waals surface area (Å²) in [6, 6.07) is 13.2. The highest BCUT2D eigenvalue weighted by Crippen LogP contribution is 2.18. The highest BCUT2D eigenvalue weighted by atomic mass is 15.1. The van der Waals surface area contributed by atoms with Crippen LogP contribution in [0.4, 0.5) is 0 Å². The maximum absolute atomic E-state index is 8.69. The molecule has 0 aliphatic heterocycles. The number of benzene rings is 1. The van der Waals surface area contributed by atoms with E-state index in [4.69, 9.17) is 10.8 Å². The van der Waals surface area contributed by atoms with Crippen molar-refractivity contribution in [3.8, 4) is 17.3 Å². The molecule has 0 amide bonds. The molecule has 2 aromatic rings. The van der Waals surface area contributed by atoms with E-state index in [2.05, 4.69) is 15.0 Å². The van der Waals surface area contributed by atoms with E-state index in [0.29, 0.717) is 12.1 Å². The molecule has 0 saturated carbocycles. The number of nitriles is 1. The summed E-state index contributed by atoms with van der Waals surface area (Å²) in [6.07, 6.45) is 1.54. The molecule has 0 aliphatic carbocycles. The molecule has 0 radical (unpaired) electrons. The molecular formula is C13H9N5. The van der Waals surface area contributed by atoms with Crippen molar-refractivity contribution in [2.45, 2.75) is 6.54 Å². The summed E-state index contributed by atoms with van der Waals surface area (Å²) in [6.45, 7) is 0.345. The van der Waals surface area contributed by atoms with Crippen molar-refractivity contribution in [2.75, 3.05) is 0 Å². The number of nitrogens with zero attached hydrogens (tertiary/aromatic N) is 5. The van der Waals surface area contributed by atoms with Crippen LogP contribution >= 0.6 is 0 Å². The van der Waals surface area contributed by atoms with Gasteiger partial charge in [0, 0.05) is 16.7 Å². The molecule has 0 spiro atoms. The van der Waals surface area contributed by atoms with Crippen molar-refractivity contribution in [3.63, 3.8) is 0 Å². The lowest BCUT2D eigenvalue weighted by Gasteiger charge is -2.02. The fourth-order valence-electron chi connectivity index (χ4n) is 1.52. The molecule has 1 aromatic carbocycles. The Balaban J connectivity index is 2.23. The standard InChI is InChI=1S/C13H9N5/c14-7-11-3-6-13(16-8-11)12-4-1-10(2-5-12)9-17-18-15/h1-6,8H,9H2. The summed E-state index contributed by atoms with van der Waals surface area (Å²) in [7, 11) is 0. The third-order valence-electron chi connectivity index (χ3n) is 2.46. The highest BCUT2D eigenvalue weighted by molar-refractivity contribution is 5.59. The number of aromatic nitrogens is 1. The zero-order valence-electron chi connectivity index (χ0n) is 9.48. The molecule has 86 valence electrons. The van der Waals surface area contributed by atoms with Crippen molar-refractivity contribution in [3.05, 3.63) is 64.2 Å². The lowest BCUT2D eigenvalue weighted by atomic mass is 10.1. The Bertz CT molecular complexity index is 616. The van der Waals surface area contributed by atoms with Gasteiger partial charge in [0.05, 0.1) is 17.8 Å². The van der Waals surface area contributed by atoms with Crippen LogP contribution < -0.4 is 0 Å². The molecule has 0 N–H and O–H groups in total. The van der Waals surface area contributed by atoms with Gasteiger partial charge >= 0.3 is 0 Å². The molecule has 5 nitrogen and oxygen atoms in total. The van der Waals surface area contributed by atoms with E-state index >= 15 is 0 Å². The Morgan fingerprint density at radius 3 is 2.56 bits per heavy atom. The van der Waals surface area contributed by atoms with E-state index in [1.807, 2.05) is 30.3 Å². The predicted molar refractivity (Wildman–Crippen MR) is 67.2 cm³/mol. The zero-order valence-corrected chi connectivity index (χ0v) is 9.48. The minimum atomic E-state index is 0.345. The van der Waals surface area contributed by atoms with Gasteiger partial charge in [-0.15, -0.1) is 0 Å². The fraction of sp³-hybridized carbons (Fsp3) is 0.0769. The van der Waals surface area contributed by atoms with Crippen LogP contribution in [0.2, 0.25) is 0 Å². The predicted octanol–water partition coefficient (Wildman–Crippen LogP) is 3.43. The van der Waals surface area contributed by atoms with Gasteiger partial charge < -0.3 is 0 Å². The van der Waals surface area contributed by atoms with Crippen LogP contribution in [0.15, 0.2) is 47.7 Å². The molecule has 0 unspecified atom stereocenters. The summed E-state index contributed by atoms with van der Waals surface area (Å²) >= 11 is 0. The first-order valence-electron chi connectivity index (χ1n) is 5.30. The van der Waals surface area contributed by atoms with E-state index < -0.39 is 0 Å². The fourth-order valence-corrected chi connectivity index (χ4v) is 1.52. The summed E-state index contributed by atoms with van der Waals surface area (Å²) in [4.78, 5) is 6.92. The molecule has 0 bridgehead atoms. The quantitative estimate of drug-likeness (QED) is 0.463. The van der Waals surface area contributed by atoms with Crippen LogP contribution in [0.5, 0.6) is 0 Å². The monoisotopic (exact) mass is 235 g/mol. The van der Waals surface area contributed by atoms with E-state index in [9.17, 15) is 0 Å². The number of rotatable bonds is 3. The van der Waals surface area contributed by atoms with Gasteiger partial charge in [-0.2, -0.15) is 5.26 Å². The second kappa shape index (κ2) is 5.48. The normalized spacial score (nSPS) is 9.28. The van der Waals surface area contributed by atoms with Crippen molar-refractivity contribution in [1.29, 1.82) is 5.26 Å². The van der Waals surface area contributed by atoms with Crippen LogP contribution in [0.3, 0.4) is 0 Å². The zero-order chi connectivity index (χ0) is 12.8. The molecular weight excluding hydrogens is 226 g/mol. The third kappa shape index (κ3) is 2.64. The molecule has 0 atom stereocenters. The molecule has 1 heterocycles. The minimum absolute atomic E-state index is 0.345. The van der Waals surface area contributed by atoms with E-state index in [0.717, 1.165) is 16.8 Å². The van der Waals surface area contributed by atoms with Gasteiger partial charge in [0.1, 0.15) is 6.07 Å². The van der Waals surface area contributed by atoms with E-state index in [1.165, 1.54) is 0 Å². The SMILES string of the molecule is N#Cc1ccc(-c2ccc(CN=[N+]=[N-])cc2)nc1. The van der Waals surface area contributed by atoms with Gasteiger partial charge in [0.2, 0.25) is 0 Å². The van der Waals surface area contributed by atoms with Gasteiger partial charge in [-0.1, -0.05) is 29.4 Å². The first kappa shape index (κ1) is 11.6. The molecule has 0 aliphatic rings. The third-order valence-corrected chi connectivity index (χ3v) is 2.46. The Kier molecular flexibility index (Phi) is 3.55. The Morgan fingerprint density at radius 1 is 1.22 bits per heavy atom.